The smallest absolute Gasteiger partial charge is 0.416 e. The topological polar surface area (TPSA) is 18.7 Å². The first-order valence-electron chi connectivity index (χ1n) is 9.08. The first kappa shape index (κ1) is 20.0. The van der Waals surface area contributed by atoms with E-state index in [2.05, 4.69) is 14.4 Å². The molecule has 3 rings (SSSR count). The van der Waals surface area contributed by atoms with E-state index in [9.17, 15) is 13.2 Å². The molecule has 0 spiro atoms. The zero-order chi connectivity index (χ0) is 20.5. The average molecular weight is 392 g/mol. The van der Waals surface area contributed by atoms with Crippen molar-refractivity contribution in [1.82, 2.24) is 9.80 Å². The molecule has 1 heterocycles. The van der Waals surface area contributed by atoms with Gasteiger partial charge in [0.1, 0.15) is 11.5 Å². The maximum Gasteiger partial charge on any atom is 0.416 e. The van der Waals surface area contributed by atoms with E-state index in [4.69, 9.17) is 4.74 Å². The molecule has 0 unspecified atom stereocenters. The van der Waals surface area contributed by atoms with Crippen LogP contribution < -0.4 is 4.74 Å². The van der Waals surface area contributed by atoms with Crippen LogP contribution in [0.5, 0.6) is 11.5 Å². The van der Waals surface area contributed by atoms with Crippen molar-refractivity contribution >= 4 is 5.96 Å². The second-order valence-electron chi connectivity index (χ2n) is 7.32. The molecule has 0 aromatic heterocycles. The van der Waals surface area contributed by atoms with Gasteiger partial charge in [-0.25, -0.2) is 0 Å². The molecule has 4 nitrogen and oxygen atoms in total. The molecule has 0 radical (unpaired) electrons. The van der Waals surface area contributed by atoms with E-state index in [0.29, 0.717) is 11.5 Å². The van der Waals surface area contributed by atoms with Crippen LogP contribution in [0.25, 0.3) is 0 Å². The number of fused-ring (bicyclic) bond motifs is 1. The summed E-state index contributed by atoms with van der Waals surface area (Å²) in [6.45, 7) is 1.68. The average Bonchev–Trinajstić information content (AvgIpc) is 2.60. The van der Waals surface area contributed by atoms with E-state index >= 15 is 0 Å². The number of benzene rings is 2. The van der Waals surface area contributed by atoms with Crippen LogP contribution in [-0.2, 0) is 19.1 Å². The minimum atomic E-state index is -4.35. The van der Waals surface area contributed by atoms with Crippen LogP contribution in [0.15, 0.2) is 42.5 Å². The minimum Gasteiger partial charge on any atom is -0.457 e. The number of ether oxygens (including phenoxy) is 1. The molecule has 0 saturated carbocycles. The second-order valence-corrected chi connectivity index (χ2v) is 7.32. The summed E-state index contributed by atoms with van der Waals surface area (Å²) in [5, 5.41) is 0. The SMILES string of the molecule is CN(C)C(N1CCc2ccc(Oc3ccc(C(F)(F)F)cc3)cc2C1)=[N+](C)C. The summed E-state index contributed by atoms with van der Waals surface area (Å²) >= 11 is 0. The molecular formula is C21H25F3N3O+. The highest BCUT2D eigenvalue weighted by Gasteiger charge is 2.30. The van der Waals surface area contributed by atoms with Crippen LogP contribution >= 0.6 is 0 Å². The van der Waals surface area contributed by atoms with E-state index < -0.39 is 11.7 Å². The van der Waals surface area contributed by atoms with Crippen molar-refractivity contribution in [1.29, 1.82) is 0 Å². The van der Waals surface area contributed by atoms with Gasteiger partial charge in [-0.3, -0.25) is 14.4 Å². The number of nitrogens with zero attached hydrogens (tertiary/aromatic N) is 3. The van der Waals surface area contributed by atoms with Crippen LogP contribution in [0.2, 0.25) is 0 Å². The molecule has 0 bridgehead atoms. The van der Waals surface area contributed by atoms with Crippen LogP contribution in [0.1, 0.15) is 16.7 Å². The van der Waals surface area contributed by atoms with Crippen molar-refractivity contribution in [3.63, 3.8) is 0 Å². The van der Waals surface area contributed by atoms with Gasteiger partial charge in [0.15, 0.2) is 0 Å². The molecule has 0 aliphatic carbocycles. The molecule has 7 heteroatoms. The molecule has 0 atom stereocenters. The van der Waals surface area contributed by atoms with Crippen LogP contribution in [0.4, 0.5) is 13.2 Å². The molecule has 0 N–H and O–H groups in total. The molecule has 1 aliphatic heterocycles. The number of hydrogen-bond acceptors (Lipinski definition) is 1. The van der Waals surface area contributed by atoms with E-state index in [1.165, 1.54) is 17.7 Å². The first-order valence-corrected chi connectivity index (χ1v) is 9.08. The van der Waals surface area contributed by atoms with Gasteiger partial charge in [0.25, 0.3) is 0 Å². The van der Waals surface area contributed by atoms with Crippen LogP contribution in [-0.4, -0.2) is 55.1 Å². The van der Waals surface area contributed by atoms with E-state index in [1.54, 1.807) is 0 Å². The molecule has 0 fully saturated rings. The number of rotatable bonds is 2. The normalized spacial score (nSPS) is 13.8. The molecule has 0 saturated heterocycles. The lowest BCUT2D eigenvalue weighted by atomic mass is 9.99. The Morgan fingerprint density at radius 3 is 2.21 bits per heavy atom. The summed E-state index contributed by atoms with van der Waals surface area (Å²) in [5.41, 5.74) is 1.75. The molecule has 2 aromatic rings. The summed E-state index contributed by atoms with van der Waals surface area (Å²) < 4.78 is 46.0. The second kappa shape index (κ2) is 7.73. The third-order valence-corrected chi connectivity index (χ3v) is 4.69. The number of guanidine groups is 1. The van der Waals surface area contributed by atoms with E-state index in [0.717, 1.165) is 43.2 Å². The highest BCUT2D eigenvalue weighted by molar-refractivity contribution is 5.75. The Balaban J connectivity index is 1.79. The van der Waals surface area contributed by atoms with Crippen LogP contribution in [0, 0.1) is 0 Å². The summed E-state index contributed by atoms with van der Waals surface area (Å²) in [5.74, 6) is 2.13. The summed E-state index contributed by atoms with van der Waals surface area (Å²) in [4.78, 5) is 4.40. The molecule has 1 aliphatic rings. The van der Waals surface area contributed by atoms with Gasteiger partial charge < -0.3 is 4.74 Å². The van der Waals surface area contributed by atoms with Crippen molar-refractivity contribution in [2.45, 2.75) is 19.1 Å². The van der Waals surface area contributed by atoms with Gasteiger partial charge in [0.2, 0.25) is 0 Å². The first-order chi connectivity index (χ1) is 13.1. The highest BCUT2D eigenvalue weighted by Crippen LogP contribution is 2.32. The summed E-state index contributed by atoms with van der Waals surface area (Å²) in [6.07, 6.45) is -3.41. The maximum absolute atomic E-state index is 12.7. The number of hydrogen-bond donors (Lipinski definition) is 0. The predicted molar refractivity (Wildman–Crippen MR) is 103 cm³/mol. The quantitative estimate of drug-likeness (QED) is 0.437. The van der Waals surface area contributed by atoms with Crippen molar-refractivity contribution < 1.29 is 22.5 Å². The van der Waals surface area contributed by atoms with Gasteiger partial charge in [0, 0.05) is 6.42 Å². The monoisotopic (exact) mass is 392 g/mol. The Bertz CT molecular complexity index is 869. The molecule has 150 valence electrons. The van der Waals surface area contributed by atoms with Gasteiger partial charge in [-0.2, -0.15) is 13.2 Å². The van der Waals surface area contributed by atoms with Crippen molar-refractivity contribution in [3.05, 3.63) is 59.2 Å². The van der Waals surface area contributed by atoms with Crippen LogP contribution in [0.3, 0.4) is 0 Å². The Kier molecular flexibility index (Phi) is 5.54. The minimum absolute atomic E-state index is 0.384. The fourth-order valence-corrected chi connectivity index (χ4v) is 3.58. The third-order valence-electron chi connectivity index (χ3n) is 4.69. The predicted octanol–water partition coefficient (Wildman–Crippen LogP) is 4.05. The Morgan fingerprint density at radius 2 is 1.64 bits per heavy atom. The Labute approximate surface area is 163 Å². The number of alkyl halides is 3. The standard InChI is InChI=1S/C21H25F3N3O/c1-25(2)20(26(3)4)27-12-11-15-5-8-19(13-16(15)14-27)28-18-9-6-17(7-10-18)21(22,23)24/h5-10,13H,11-12,14H2,1-4H3/q+1. The zero-order valence-corrected chi connectivity index (χ0v) is 16.5. The Morgan fingerprint density at radius 1 is 1.00 bits per heavy atom. The fraction of sp³-hybridized carbons (Fsp3) is 0.381. The largest absolute Gasteiger partial charge is 0.457 e. The van der Waals surface area contributed by atoms with Crippen molar-refractivity contribution in [3.8, 4) is 11.5 Å². The van der Waals surface area contributed by atoms with Gasteiger partial charge in [-0.1, -0.05) is 6.07 Å². The lowest BCUT2D eigenvalue weighted by Gasteiger charge is -2.29. The summed E-state index contributed by atoms with van der Waals surface area (Å²) in [7, 11) is 8.09. The van der Waals surface area contributed by atoms with Gasteiger partial charge in [-0.15, -0.1) is 0 Å². The van der Waals surface area contributed by atoms with E-state index in [-0.39, 0.29) is 0 Å². The van der Waals surface area contributed by atoms with Gasteiger partial charge in [-0.05, 0) is 47.5 Å². The van der Waals surface area contributed by atoms with E-state index in [1.807, 2.05) is 46.4 Å². The zero-order valence-electron chi connectivity index (χ0n) is 16.5. The lowest BCUT2D eigenvalue weighted by Crippen LogP contribution is -2.47. The van der Waals surface area contributed by atoms with Gasteiger partial charge in [0.05, 0.1) is 46.8 Å². The highest BCUT2D eigenvalue weighted by atomic mass is 19.4. The lowest BCUT2D eigenvalue weighted by molar-refractivity contribution is -0.476. The Hall–Kier alpha value is -2.70. The number of halogens is 3. The molecule has 28 heavy (non-hydrogen) atoms. The molecule has 0 amide bonds. The van der Waals surface area contributed by atoms with Crippen molar-refractivity contribution in [2.24, 2.45) is 0 Å². The van der Waals surface area contributed by atoms with Gasteiger partial charge >= 0.3 is 12.1 Å². The summed E-state index contributed by atoms with van der Waals surface area (Å²) in [6, 6.07) is 10.6. The molecular weight excluding hydrogens is 367 g/mol. The molecule has 2 aromatic carbocycles. The van der Waals surface area contributed by atoms with Crippen molar-refractivity contribution in [2.75, 3.05) is 34.7 Å². The third kappa shape index (κ3) is 4.40. The fourth-order valence-electron chi connectivity index (χ4n) is 3.58. The maximum atomic E-state index is 12.7.